The standard InChI is InChI=1S/C27H25N3O2S2/c1-2-3-4-10-15-29-26(31)24(34-27(29)33)17-20-18-30(21-12-6-5-7-13-21)28-25(20)23-16-19-11-8-9-14-22(19)32-23/h5-9,11-14,16-18H,2-4,10,15H2,1H3/b24-17-. The van der Waals surface area contributed by atoms with Gasteiger partial charge in [0.15, 0.2) is 5.76 Å². The maximum atomic E-state index is 13.1. The number of hydrogen-bond acceptors (Lipinski definition) is 5. The van der Waals surface area contributed by atoms with E-state index in [0.29, 0.717) is 27.2 Å². The lowest BCUT2D eigenvalue weighted by atomic mass is 10.1. The lowest BCUT2D eigenvalue weighted by Gasteiger charge is -2.13. The van der Waals surface area contributed by atoms with Crippen molar-refractivity contribution in [3.05, 3.63) is 77.3 Å². The molecule has 5 rings (SSSR count). The number of amides is 1. The molecule has 0 unspecified atom stereocenters. The molecule has 2 aromatic carbocycles. The second kappa shape index (κ2) is 9.99. The van der Waals surface area contributed by atoms with E-state index in [1.807, 2.05) is 77.6 Å². The van der Waals surface area contributed by atoms with Crippen molar-refractivity contribution < 1.29 is 9.21 Å². The summed E-state index contributed by atoms with van der Waals surface area (Å²) in [5.74, 6) is 0.631. The summed E-state index contributed by atoms with van der Waals surface area (Å²) in [6.45, 7) is 2.85. The number of carbonyl (C=O) groups is 1. The van der Waals surface area contributed by atoms with Crippen LogP contribution in [0.3, 0.4) is 0 Å². The van der Waals surface area contributed by atoms with Crippen LogP contribution in [0.25, 0.3) is 34.2 Å². The first-order valence-electron chi connectivity index (χ1n) is 11.5. The molecule has 2 aromatic heterocycles. The number of thiocarbonyl (C=S) groups is 1. The maximum absolute atomic E-state index is 13.1. The van der Waals surface area contributed by atoms with Gasteiger partial charge in [0, 0.05) is 23.7 Å². The number of fused-ring (bicyclic) bond motifs is 1. The van der Waals surface area contributed by atoms with Crippen LogP contribution in [-0.4, -0.2) is 31.5 Å². The number of benzene rings is 2. The monoisotopic (exact) mass is 487 g/mol. The van der Waals surface area contributed by atoms with Gasteiger partial charge in [0.2, 0.25) is 0 Å². The van der Waals surface area contributed by atoms with E-state index < -0.39 is 0 Å². The van der Waals surface area contributed by atoms with Gasteiger partial charge in [0.25, 0.3) is 5.91 Å². The number of hydrogen-bond donors (Lipinski definition) is 0. The molecule has 1 saturated heterocycles. The summed E-state index contributed by atoms with van der Waals surface area (Å²) in [5, 5.41) is 5.84. The normalized spacial score (nSPS) is 15.2. The van der Waals surface area contributed by atoms with Gasteiger partial charge in [-0.2, -0.15) is 5.10 Å². The second-order valence-electron chi connectivity index (χ2n) is 8.26. The predicted molar refractivity (Wildman–Crippen MR) is 143 cm³/mol. The Balaban J connectivity index is 1.51. The number of thioether (sulfide) groups is 1. The molecule has 172 valence electrons. The number of para-hydroxylation sites is 2. The summed E-state index contributed by atoms with van der Waals surface area (Å²) in [6.07, 6.45) is 8.22. The molecule has 1 aliphatic heterocycles. The van der Waals surface area contributed by atoms with Crippen molar-refractivity contribution >= 4 is 51.3 Å². The maximum Gasteiger partial charge on any atom is 0.266 e. The molecule has 0 bridgehead atoms. The third-order valence-corrected chi connectivity index (χ3v) is 7.20. The van der Waals surface area contributed by atoms with Gasteiger partial charge in [-0.05, 0) is 36.8 Å². The highest BCUT2D eigenvalue weighted by molar-refractivity contribution is 8.26. The Labute approximate surface area is 208 Å². The van der Waals surface area contributed by atoms with E-state index in [1.165, 1.54) is 18.2 Å². The van der Waals surface area contributed by atoms with Gasteiger partial charge in [0.05, 0.1) is 10.6 Å². The molecule has 5 nitrogen and oxygen atoms in total. The van der Waals surface area contributed by atoms with Gasteiger partial charge >= 0.3 is 0 Å². The third kappa shape index (κ3) is 4.58. The topological polar surface area (TPSA) is 51.3 Å². The molecule has 0 saturated carbocycles. The summed E-state index contributed by atoms with van der Waals surface area (Å²) >= 11 is 6.88. The van der Waals surface area contributed by atoms with Crippen molar-refractivity contribution in [2.75, 3.05) is 6.54 Å². The first kappa shape index (κ1) is 22.6. The fourth-order valence-electron chi connectivity index (χ4n) is 4.03. The van der Waals surface area contributed by atoms with Crippen molar-refractivity contribution in [3.8, 4) is 17.1 Å². The minimum absolute atomic E-state index is 0.0329. The molecule has 0 N–H and O–H groups in total. The van der Waals surface area contributed by atoms with Crippen LogP contribution in [0.2, 0.25) is 0 Å². The van der Waals surface area contributed by atoms with E-state index in [0.717, 1.165) is 41.5 Å². The van der Waals surface area contributed by atoms with Crippen LogP contribution in [0.15, 0.2) is 76.2 Å². The highest BCUT2D eigenvalue weighted by Gasteiger charge is 2.32. The molecule has 3 heterocycles. The summed E-state index contributed by atoms with van der Waals surface area (Å²) in [7, 11) is 0. The number of rotatable bonds is 8. The van der Waals surface area contributed by atoms with Crippen LogP contribution < -0.4 is 0 Å². The van der Waals surface area contributed by atoms with Crippen LogP contribution in [0.4, 0.5) is 0 Å². The molecule has 1 fully saturated rings. The number of aromatic nitrogens is 2. The Morgan fingerprint density at radius 2 is 1.85 bits per heavy atom. The SMILES string of the molecule is CCCCCCN1C(=O)/C(=C/c2cn(-c3ccccc3)nc2-c2cc3ccccc3o2)SC1=S. The van der Waals surface area contributed by atoms with E-state index in [1.54, 1.807) is 4.90 Å². The Hall–Kier alpha value is -3.16. The molecular formula is C27H25N3O2S2. The zero-order chi connectivity index (χ0) is 23.5. The minimum Gasteiger partial charge on any atom is -0.454 e. The fourth-order valence-corrected chi connectivity index (χ4v) is 5.33. The Kier molecular flexibility index (Phi) is 6.65. The first-order chi connectivity index (χ1) is 16.6. The lowest BCUT2D eigenvalue weighted by molar-refractivity contribution is -0.122. The highest BCUT2D eigenvalue weighted by Crippen LogP contribution is 2.36. The Morgan fingerprint density at radius 3 is 2.65 bits per heavy atom. The van der Waals surface area contributed by atoms with Crippen LogP contribution in [0.5, 0.6) is 0 Å². The van der Waals surface area contributed by atoms with Gasteiger partial charge in [0.1, 0.15) is 15.6 Å². The molecule has 1 aliphatic rings. The van der Waals surface area contributed by atoms with Crippen molar-refractivity contribution in [1.82, 2.24) is 14.7 Å². The average molecular weight is 488 g/mol. The molecule has 4 aromatic rings. The van der Waals surface area contributed by atoms with Crippen LogP contribution in [0, 0.1) is 0 Å². The Morgan fingerprint density at radius 1 is 1.06 bits per heavy atom. The van der Waals surface area contributed by atoms with Gasteiger partial charge in [-0.15, -0.1) is 0 Å². The molecule has 0 atom stereocenters. The summed E-state index contributed by atoms with van der Waals surface area (Å²) in [6, 6.07) is 19.8. The molecule has 7 heteroatoms. The smallest absolute Gasteiger partial charge is 0.266 e. The van der Waals surface area contributed by atoms with Gasteiger partial charge < -0.3 is 4.42 Å². The van der Waals surface area contributed by atoms with Crippen LogP contribution in [0.1, 0.15) is 38.2 Å². The quantitative estimate of drug-likeness (QED) is 0.151. The van der Waals surface area contributed by atoms with Crippen LogP contribution >= 0.6 is 24.0 Å². The second-order valence-corrected chi connectivity index (χ2v) is 9.93. The molecule has 1 amide bonds. The summed E-state index contributed by atoms with van der Waals surface area (Å²) in [4.78, 5) is 15.5. The number of unbranched alkanes of at least 4 members (excludes halogenated alkanes) is 3. The zero-order valence-electron chi connectivity index (χ0n) is 18.9. The Bertz CT molecular complexity index is 1340. The fraction of sp³-hybridized carbons (Fsp3) is 0.222. The van der Waals surface area contributed by atoms with Crippen molar-refractivity contribution in [1.29, 1.82) is 0 Å². The van der Waals surface area contributed by atoms with E-state index in [2.05, 4.69) is 6.92 Å². The van der Waals surface area contributed by atoms with Crippen molar-refractivity contribution in [3.63, 3.8) is 0 Å². The minimum atomic E-state index is -0.0329. The largest absolute Gasteiger partial charge is 0.454 e. The molecule has 0 spiro atoms. The number of furan rings is 1. The van der Waals surface area contributed by atoms with Crippen LogP contribution in [-0.2, 0) is 4.79 Å². The molecular weight excluding hydrogens is 462 g/mol. The average Bonchev–Trinajstić information content (AvgIpc) is 3.54. The highest BCUT2D eigenvalue weighted by atomic mass is 32.2. The molecule has 0 aliphatic carbocycles. The molecule has 0 radical (unpaired) electrons. The predicted octanol–water partition coefficient (Wildman–Crippen LogP) is 7.07. The summed E-state index contributed by atoms with van der Waals surface area (Å²) < 4.78 is 8.56. The number of nitrogens with zero attached hydrogens (tertiary/aromatic N) is 3. The first-order valence-corrected chi connectivity index (χ1v) is 12.8. The lowest BCUT2D eigenvalue weighted by Crippen LogP contribution is -2.28. The van der Waals surface area contributed by atoms with Gasteiger partial charge in [-0.3, -0.25) is 9.69 Å². The van der Waals surface area contributed by atoms with Gasteiger partial charge in [-0.1, -0.05) is 86.6 Å². The van der Waals surface area contributed by atoms with Crippen molar-refractivity contribution in [2.45, 2.75) is 32.6 Å². The van der Waals surface area contributed by atoms with Crippen molar-refractivity contribution in [2.24, 2.45) is 0 Å². The summed E-state index contributed by atoms with van der Waals surface area (Å²) in [5.41, 5.74) is 3.24. The van der Waals surface area contributed by atoms with E-state index in [4.69, 9.17) is 21.7 Å². The van der Waals surface area contributed by atoms with E-state index >= 15 is 0 Å². The van der Waals surface area contributed by atoms with E-state index in [9.17, 15) is 4.79 Å². The van der Waals surface area contributed by atoms with Gasteiger partial charge in [-0.25, -0.2) is 4.68 Å². The third-order valence-electron chi connectivity index (χ3n) is 5.82. The van der Waals surface area contributed by atoms with E-state index in [-0.39, 0.29) is 5.91 Å². The zero-order valence-corrected chi connectivity index (χ0v) is 20.6. The molecule has 34 heavy (non-hydrogen) atoms. The number of carbonyl (C=O) groups excluding carboxylic acids is 1.